The molecule has 0 aromatic heterocycles. The fraction of sp³-hybridized carbons (Fsp3) is 0.294. The molecule has 0 heterocycles. The van der Waals surface area contributed by atoms with Gasteiger partial charge in [0.05, 0.1) is 23.7 Å². The number of halogens is 1. The lowest BCUT2D eigenvalue weighted by Crippen LogP contribution is -2.03. The fourth-order valence-electron chi connectivity index (χ4n) is 2.15. The van der Waals surface area contributed by atoms with E-state index >= 15 is 0 Å². The zero-order valence-corrected chi connectivity index (χ0v) is 14.3. The average molecular weight is 351 g/mol. The minimum Gasteiger partial charge on any atom is -0.493 e. The number of methoxy groups -OCH3 is 1. The lowest BCUT2D eigenvalue weighted by atomic mass is 10.2. The van der Waals surface area contributed by atoms with Gasteiger partial charge in [-0.2, -0.15) is 0 Å². The van der Waals surface area contributed by atoms with Gasteiger partial charge in [-0.3, -0.25) is 10.1 Å². The van der Waals surface area contributed by atoms with E-state index in [0.717, 1.165) is 12.0 Å². The van der Waals surface area contributed by atoms with E-state index in [0.29, 0.717) is 35.4 Å². The lowest BCUT2D eigenvalue weighted by Gasteiger charge is -2.14. The summed E-state index contributed by atoms with van der Waals surface area (Å²) < 4.78 is 11.0. The molecule has 0 radical (unpaired) electrons. The van der Waals surface area contributed by atoms with E-state index in [1.54, 1.807) is 25.3 Å². The number of nitrogens with one attached hydrogen (secondary N) is 1. The first kappa shape index (κ1) is 17.9. The molecule has 128 valence electrons. The summed E-state index contributed by atoms with van der Waals surface area (Å²) in [4.78, 5) is 10.4. The Hall–Kier alpha value is -2.47. The topological polar surface area (TPSA) is 73.6 Å². The van der Waals surface area contributed by atoms with Gasteiger partial charge in [0.2, 0.25) is 0 Å². The lowest BCUT2D eigenvalue weighted by molar-refractivity contribution is -0.384. The van der Waals surface area contributed by atoms with E-state index < -0.39 is 4.92 Å². The van der Waals surface area contributed by atoms with E-state index in [9.17, 15) is 10.1 Å². The normalized spacial score (nSPS) is 10.3. The maximum atomic E-state index is 10.8. The molecule has 0 saturated heterocycles. The Kier molecular flexibility index (Phi) is 6.26. The van der Waals surface area contributed by atoms with Crippen LogP contribution in [0.3, 0.4) is 0 Å². The van der Waals surface area contributed by atoms with Crippen LogP contribution in [0.2, 0.25) is 5.02 Å². The highest BCUT2D eigenvalue weighted by atomic mass is 35.5. The third-order valence-corrected chi connectivity index (χ3v) is 3.57. The number of benzene rings is 2. The van der Waals surface area contributed by atoms with Gasteiger partial charge in [0.15, 0.2) is 11.5 Å². The molecule has 6 nitrogen and oxygen atoms in total. The highest BCUT2D eigenvalue weighted by Crippen LogP contribution is 2.36. The summed E-state index contributed by atoms with van der Waals surface area (Å²) in [5.41, 5.74) is 1.58. The molecule has 0 unspecified atom stereocenters. The van der Waals surface area contributed by atoms with Crippen molar-refractivity contribution in [3.8, 4) is 11.5 Å². The molecule has 0 aliphatic carbocycles. The Bertz CT molecular complexity index is 722. The number of anilines is 1. The Balaban J connectivity index is 2.14. The molecule has 2 rings (SSSR count). The Labute approximate surface area is 145 Å². The molecular formula is C17H19ClN2O4. The van der Waals surface area contributed by atoms with Crippen LogP contribution in [0.25, 0.3) is 0 Å². The van der Waals surface area contributed by atoms with Crippen molar-refractivity contribution >= 4 is 23.0 Å². The summed E-state index contributed by atoms with van der Waals surface area (Å²) in [5, 5.41) is 14.4. The molecule has 0 amide bonds. The van der Waals surface area contributed by atoms with E-state index in [1.807, 2.05) is 13.0 Å². The van der Waals surface area contributed by atoms with Crippen molar-refractivity contribution in [2.45, 2.75) is 19.9 Å². The van der Waals surface area contributed by atoms with Gasteiger partial charge in [0.1, 0.15) is 0 Å². The minimum atomic E-state index is -0.426. The van der Waals surface area contributed by atoms with Crippen molar-refractivity contribution in [2.75, 3.05) is 19.0 Å². The SMILES string of the molecule is CCCOc1c(Cl)cc(CNc2cccc([N+](=O)[O-])c2)cc1OC. The molecule has 0 saturated carbocycles. The third-order valence-electron chi connectivity index (χ3n) is 3.29. The highest BCUT2D eigenvalue weighted by Gasteiger charge is 2.12. The molecular weight excluding hydrogens is 332 g/mol. The quantitative estimate of drug-likeness (QED) is 0.553. The molecule has 7 heteroatoms. The first-order chi connectivity index (χ1) is 11.5. The van der Waals surface area contributed by atoms with E-state index in [1.165, 1.54) is 12.1 Å². The van der Waals surface area contributed by atoms with Gasteiger partial charge in [-0.15, -0.1) is 0 Å². The summed E-state index contributed by atoms with van der Waals surface area (Å²) in [5.74, 6) is 1.09. The molecule has 0 bridgehead atoms. The molecule has 0 aliphatic rings. The number of nitro benzene ring substituents is 1. The average Bonchev–Trinajstić information content (AvgIpc) is 2.58. The largest absolute Gasteiger partial charge is 0.493 e. The second kappa shape index (κ2) is 8.40. The second-order valence-corrected chi connectivity index (χ2v) is 5.53. The summed E-state index contributed by atoms with van der Waals surface area (Å²) in [6.45, 7) is 3.02. The van der Waals surface area contributed by atoms with Gasteiger partial charge < -0.3 is 14.8 Å². The summed E-state index contributed by atoms with van der Waals surface area (Å²) >= 11 is 6.28. The number of ether oxygens (including phenoxy) is 2. The van der Waals surface area contributed by atoms with E-state index in [-0.39, 0.29) is 5.69 Å². The predicted molar refractivity (Wildman–Crippen MR) is 94.2 cm³/mol. The molecule has 0 fully saturated rings. The maximum Gasteiger partial charge on any atom is 0.271 e. The molecule has 0 atom stereocenters. The van der Waals surface area contributed by atoms with Crippen LogP contribution in [0, 0.1) is 10.1 Å². The molecule has 0 spiro atoms. The molecule has 24 heavy (non-hydrogen) atoms. The van der Waals surface area contributed by atoms with Gasteiger partial charge in [0.25, 0.3) is 5.69 Å². The van der Waals surface area contributed by atoms with Crippen LogP contribution in [-0.4, -0.2) is 18.6 Å². The van der Waals surface area contributed by atoms with Crippen molar-refractivity contribution < 1.29 is 14.4 Å². The van der Waals surface area contributed by atoms with E-state index in [4.69, 9.17) is 21.1 Å². The number of hydrogen-bond donors (Lipinski definition) is 1. The van der Waals surface area contributed by atoms with Crippen LogP contribution in [0.4, 0.5) is 11.4 Å². The smallest absolute Gasteiger partial charge is 0.271 e. The van der Waals surface area contributed by atoms with Crippen LogP contribution in [0.5, 0.6) is 11.5 Å². The first-order valence-electron chi connectivity index (χ1n) is 7.52. The first-order valence-corrected chi connectivity index (χ1v) is 7.90. The van der Waals surface area contributed by atoms with Crippen molar-refractivity contribution in [1.82, 2.24) is 0 Å². The number of rotatable bonds is 8. The van der Waals surface area contributed by atoms with Crippen LogP contribution in [0.15, 0.2) is 36.4 Å². The van der Waals surface area contributed by atoms with Gasteiger partial charge in [-0.05, 0) is 30.2 Å². The number of nitrogens with zero attached hydrogens (tertiary/aromatic N) is 1. The van der Waals surface area contributed by atoms with Crippen molar-refractivity contribution in [1.29, 1.82) is 0 Å². The van der Waals surface area contributed by atoms with Gasteiger partial charge in [0, 0.05) is 24.4 Å². The summed E-state index contributed by atoms with van der Waals surface area (Å²) in [6, 6.07) is 9.96. The fourth-order valence-corrected chi connectivity index (χ4v) is 2.44. The van der Waals surface area contributed by atoms with Gasteiger partial charge in [-0.1, -0.05) is 24.6 Å². The zero-order valence-electron chi connectivity index (χ0n) is 13.5. The second-order valence-electron chi connectivity index (χ2n) is 5.12. The zero-order chi connectivity index (χ0) is 17.5. The molecule has 0 aliphatic heterocycles. The van der Waals surface area contributed by atoms with Crippen LogP contribution < -0.4 is 14.8 Å². The Morgan fingerprint density at radius 2 is 2.08 bits per heavy atom. The van der Waals surface area contributed by atoms with Gasteiger partial charge >= 0.3 is 0 Å². The van der Waals surface area contributed by atoms with Crippen molar-refractivity contribution in [3.63, 3.8) is 0 Å². The minimum absolute atomic E-state index is 0.0407. The number of nitro groups is 1. The maximum absolute atomic E-state index is 10.8. The Morgan fingerprint density at radius 3 is 2.75 bits per heavy atom. The molecule has 1 N–H and O–H groups in total. The standard InChI is InChI=1S/C17H19ClN2O4/c1-3-7-24-17-15(18)8-12(9-16(17)23-2)11-19-13-5-4-6-14(10-13)20(21)22/h4-6,8-10,19H,3,7,11H2,1-2H3. The Morgan fingerprint density at radius 1 is 1.29 bits per heavy atom. The predicted octanol–water partition coefficient (Wildman–Crippen LogP) is 4.66. The summed E-state index contributed by atoms with van der Waals surface area (Å²) in [6.07, 6.45) is 0.871. The number of hydrogen-bond acceptors (Lipinski definition) is 5. The van der Waals surface area contributed by atoms with Gasteiger partial charge in [-0.25, -0.2) is 0 Å². The van der Waals surface area contributed by atoms with Crippen LogP contribution >= 0.6 is 11.6 Å². The van der Waals surface area contributed by atoms with Crippen molar-refractivity contribution in [2.24, 2.45) is 0 Å². The molecule has 2 aromatic carbocycles. The van der Waals surface area contributed by atoms with Crippen molar-refractivity contribution in [3.05, 3.63) is 57.1 Å². The van der Waals surface area contributed by atoms with Crippen LogP contribution in [-0.2, 0) is 6.54 Å². The monoisotopic (exact) mass is 350 g/mol. The van der Waals surface area contributed by atoms with Crippen LogP contribution in [0.1, 0.15) is 18.9 Å². The van der Waals surface area contributed by atoms with E-state index in [2.05, 4.69) is 5.32 Å². The number of non-ortho nitro benzene ring substituents is 1. The summed E-state index contributed by atoms with van der Waals surface area (Å²) in [7, 11) is 1.56. The highest BCUT2D eigenvalue weighted by molar-refractivity contribution is 6.32. The molecule has 2 aromatic rings. The third kappa shape index (κ3) is 4.52.